The Labute approximate surface area is 129 Å². The predicted molar refractivity (Wildman–Crippen MR) is 83.7 cm³/mol. The Bertz CT molecular complexity index is 670. The molecule has 22 heavy (non-hydrogen) atoms. The molecule has 2 aromatic rings. The van der Waals surface area contributed by atoms with E-state index in [1.165, 1.54) is 17.7 Å². The number of aryl methyl sites for hydroxylation is 1. The molecule has 0 spiro atoms. The van der Waals surface area contributed by atoms with E-state index in [4.69, 9.17) is 0 Å². The minimum atomic E-state index is -0.153. The molecular weight excluding hydrogens is 278 g/mol. The maximum absolute atomic E-state index is 12.3. The fourth-order valence-electron chi connectivity index (χ4n) is 3.39. The molecule has 2 amide bonds. The first-order chi connectivity index (χ1) is 10.8. The lowest BCUT2D eigenvalue weighted by Crippen LogP contribution is -2.35. The maximum Gasteiger partial charge on any atom is 0.320 e. The number of hydrogen-bond donors (Lipinski definition) is 3. The van der Waals surface area contributed by atoms with E-state index in [1.54, 1.807) is 6.20 Å². The lowest BCUT2D eigenvalue weighted by Gasteiger charge is -2.28. The third-order valence-electron chi connectivity index (χ3n) is 4.80. The SMILES string of the molecule is O=C(Nc1ccnn1C1CCC1)NC1CCCc2[nH]ccc21. The smallest absolute Gasteiger partial charge is 0.320 e. The van der Waals surface area contributed by atoms with E-state index in [-0.39, 0.29) is 12.1 Å². The second-order valence-electron chi connectivity index (χ2n) is 6.20. The zero-order chi connectivity index (χ0) is 14.9. The van der Waals surface area contributed by atoms with Crippen LogP contribution in [0.25, 0.3) is 0 Å². The first-order valence-electron chi connectivity index (χ1n) is 8.08. The Morgan fingerprint density at radius 2 is 2.18 bits per heavy atom. The average Bonchev–Trinajstić information content (AvgIpc) is 3.07. The van der Waals surface area contributed by atoms with Crippen LogP contribution in [-0.4, -0.2) is 20.8 Å². The Hall–Kier alpha value is -2.24. The summed E-state index contributed by atoms with van der Waals surface area (Å²) in [5.41, 5.74) is 2.46. The van der Waals surface area contributed by atoms with Crippen LogP contribution < -0.4 is 10.6 Å². The molecule has 0 aliphatic heterocycles. The number of fused-ring (bicyclic) bond motifs is 1. The number of nitrogens with one attached hydrogen (secondary N) is 3. The van der Waals surface area contributed by atoms with Gasteiger partial charge in [-0.2, -0.15) is 5.10 Å². The molecule has 1 saturated carbocycles. The number of carbonyl (C=O) groups is 1. The van der Waals surface area contributed by atoms with Gasteiger partial charge in [0.2, 0.25) is 0 Å². The molecule has 4 rings (SSSR count). The fourth-order valence-corrected chi connectivity index (χ4v) is 3.39. The molecular formula is C16H21N5O. The number of urea groups is 1. The predicted octanol–water partition coefficient (Wildman–Crippen LogP) is 3.14. The topological polar surface area (TPSA) is 74.7 Å². The molecule has 3 N–H and O–H groups in total. The minimum Gasteiger partial charge on any atom is -0.365 e. The van der Waals surface area contributed by atoms with Crippen LogP contribution in [0.5, 0.6) is 0 Å². The van der Waals surface area contributed by atoms with Crippen molar-refractivity contribution in [2.45, 2.75) is 50.6 Å². The molecule has 2 heterocycles. The molecule has 2 aliphatic carbocycles. The molecule has 6 nitrogen and oxygen atoms in total. The molecule has 1 fully saturated rings. The molecule has 116 valence electrons. The van der Waals surface area contributed by atoms with Gasteiger partial charge in [0.15, 0.2) is 0 Å². The third kappa shape index (κ3) is 2.38. The summed E-state index contributed by atoms with van der Waals surface area (Å²) in [6.07, 6.45) is 10.4. The molecule has 0 bridgehead atoms. The van der Waals surface area contributed by atoms with Gasteiger partial charge in [-0.1, -0.05) is 0 Å². The standard InChI is InChI=1S/C16H21N5O/c22-16(19-14-6-2-5-13-12(14)7-9-17-13)20-15-8-10-18-21(15)11-3-1-4-11/h7-11,14,17H,1-6H2,(H2,19,20,22). The van der Waals surface area contributed by atoms with Crippen LogP contribution >= 0.6 is 0 Å². The maximum atomic E-state index is 12.3. The van der Waals surface area contributed by atoms with Gasteiger partial charge in [-0.25, -0.2) is 9.48 Å². The monoisotopic (exact) mass is 299 g/mol. The number of amides is 2. The molecule has 6 heteroatoms. The summed E-state index contributed by atoms with van der Waals surface area (Å²) >= 11 is 0. The summed E-state index contributed by atoms with van der Waals surface area (Å²) in [5.74, 6) is 0.785. The van der Waals surface area contributed by atoms with Gasteiger partial charge in [0, 0.05) is 18.0 Å². The molecule has 0 radical (unpaired) electrons. The molecule has 2 aliphatic rings. The van der Waals surface area contributed by atoms with E-state index >= 15 is 0 Å². The van der Waals surface area contributed by atoms with Gasteiger partial charge in [0.1, 0.15) is 5.82 Å². The summed E-state index contributed by atoms with van der Waals surface area (Å²) in [4.78, 5) is 15.6. The van der Waals surface area contributed by atoms with Gasteiger partial charge < -0.3 is 10.3 Å². The summed E-state index contributed by atoms with van der Waals surface area (Å²) < 4.78 is 1.94. The number of carbonyl (C=O) groups excluding carboxylic acids is 1. The fraction of sp³-hybridized carbons (Fsp3) is 0.500. The van der Waals surface area contributed by atoms with E-state index in [1.807, 2.05) is 16.9 Å². The minimum absolute atomic E-state index is 0.0927. The number of nitrogens with zero attached hydrogens (tertiary/aromatic N) is 2. The van der Waals surface area contributed by atoms with Gasteiger partial charge in [-0.05, 0) is 50.2 Å². The lowest BCUT2D eigenvalue weighted by atomic mass is 9.93. The summed E-state index contributed by atoms with van der Waals surface area (Å²) in [6.45, 7) is 0. The molecule has 0 saturated heterocycles. The van der Waals surface area contributed by atoms with Gasteiger partial charge in [0.25, 0.3) is 0 Å². The van der Waals surface area contributed by atoms with Crippen LogP contribution in [0.4, 0.5) is 10.6 Å². The normalized spacial score (nSPS) is 21.0. The number of anilines is 1. The van der Waals surface area contributed by atoms with Crippen LogP contribution in [0.15, 0.2) is 24.5 Å². The highest BCUT2D eigenvalue weighted by atomic mass is 16.2. The first kappa shape index (κ1) is 13.4. The Balaban J connectivity index is 1.43. The van der Waals surface area contributed by atoms with E-state index in [0.717, 1.165) is 37.9 Å². The molecule has 1 unspecified atom stereocenters. The van der Waals surface area contributed by atoms with Crippen molar-refractivity contribution in [3.05, 3.63) is 35.8 Å². The third-order valence-corrected chi connectivity index (χ3v) is 4.80. The van der Waals surface area contributed by atoms with Crippen LogP contribution in [-0.2, 0) is 6.42 Å². The molecule has 2 aromatic heterocycles. The van der Waals surface area contributed by atoms with E-state index in [0.29, 0.717) is 6.04 Å². The van der Waals surface area contributed by atoms with Gasteiger partial charge in [0.05, 0.1) is 18.3 Å². The largest absolute Gasteiger partial charge is 0.365 e. The number of aromatic nitrogens is 3. The van der Waals surface area contributed by atoms with Crippen molar-refractivity contribution in [3.63, 3.8) is 0 Å². The van der Waals surface area contributed by atoms with Crippen molar-refractivity contribution in [1.82, 2.24) is 20.1 Å². The highest BCUT2D eigenvalue weighted by Crippen LogP contribution is 2.33. The quantitative estimate of drug-likeness (QED) is 0.814. The van der Waals surface area contributed by atoms with Crippen LogP contribution in [0.1, 0.15) is 55.4 Å². The number of H-pyrrole nitrogens is 1. The second-order valence-corrected chi connectivity index (χ2v) is 6.20. The Kier molecular flexibility index (Phi) is 3.36. The van der Waals surface area contributed by atoms with E-state index in [9.17, 15) is 4.79 Å². The van der Waals surface area contributed by atoms with Gasteiger partial charge >= 0.3 is 6.03 Å². The molecule has 0 aromatic carbocycles. The van der Waals surface area contributed by atoms with Crippen molar-refractivity contribution in [1.29, 1.82) is 0 Å². The number of aromatic amines is 1. The Morgan fingerprint density at radius 3 is 3.00 bits per heavy atom. The highest BCUT2D eigenvalue weighted by Gasteiger charge is 2.25. The van der Waals surface area contributed by atoms with Gasteiger partial charge in [-0.15, -0.1) is 0 Å². The van der Waals surface area contributed by atoms with Crippen molar-refractivity contribution >= 4 is 11.8 Å². The van der Waals surface area contributed by atoms with Crippen molar-refractivity contribution < 1.29 is 4.79 Å². The first-order valence-corrected chi connectivity index (χ1v) is 8.08. The van der Waals surface area contributed by atoms with E-state index in [2.05, 4.69) is 26.8 Å². The van der Waals surface area contributed by atoms with Crippen LogP contribution in [0.2, 0.25) is 0 Å². The Morgan fingerprint density at radius 1 is 1.27 bits per heavy atom. The van der Waals surface area contributed by atoms with Crippen LogP contribution in [0.3, 0.4) is 0 Å². The summed E-state index contributed by atoms with van der Waals surface area (Å²) in [6, 6.07) is 4.31. The number of hydrogen-bond acceptors (Lipinski definition) is 2. The summed E-state index contributed by atoms with van der Waals surface area (Å²) in [5, 5.41) is 10.4. The lowest BCUT2D eigenvalue weighted by molar-refractivity contribution is 0.246. The van der Waals surface area contributed by atoms with Crippen molar-refractivity contribution in [2.75, 3.05) is 5.32 Å². The summed E-state index contributed by atoms with van der Waals surface area (Å²) in [7, 11) is 0. The highest BCUT2D eigenvalue weighted by molar-refractivity contribution is 5.88. The zero-order valence-electron chi connectivity index (χ0n) is 12.5. The van der Waals surface area contributed by atoms with Crippen molar-refractivity contribution in [2.24, 2.45) is 0 Å². The molecule has 1 atom stereocenters. The zero-order valence-corrected chi connectivity index (χ0v) is 12.5. The van der Waals surface area contributed by atoms with Crippen LogP contribution in [0, 0.1) is 0 Å². The van der Waals surface area contributed by atoms with Gasteiger partial charge in [-0.3, -0.25) is 5.32 Å². The second kappa shape index (κ2) is 5.51. The number of rotatable bonds is 3. The van der Waals surface area contributed by atoms with E-state index < -0.39 is 0 Å². The average molecular weight is 299 g/mol. The van der Waals surface area contributed by atoms with Crippen molar-refractivity contribution in [3.8, 4) is 0 Å².